The molecule has 5 rings (SSSR count). The zero-order valence-corrected chi connectivity index (χ0v) is 15.8. The van der Waals surface area contributed by atoms with Gasteiger partial charge in [0.1, 0.15) is 11.5 Å². The second kappa shape index (κ2) is 6.33. The van der Waals surface area contributed by atoms with E-state index < -0.39 is 0 Å². The van der Waals surface area contributed by atoms with Crippen LogP contribution in [0.25, 0.3) is 0 Å². The third kappa shape index (κ3) is 2.66. The third-order valence-corrected chi connectivity index (χ3v) is 6.09. The molecule has 0 unspecified atom stereocenters. The minimum atomic E-state index is -0.168. The van der Waals surface area contributed by atoms with Gasteiger partial charge in [0.05, 0.1) is 18.5 Å². The minimum Gasteiger partial charge on any atom is -0.492 e. The monoisotopic (exact) mass is 378 g/mol. The minimum absolute atomic E-state index is 0.102. The Labute approximate surface area is 163 Å². The normalized spacial score (nSPS) is 22.2. The van der Waals surface area contributed by atoms with Gasteiger partial charge < -0.3 is 9.47 Å². The van der Waals surface area contributed by atoms with E-state index in [0.717, 1.165) is 36.3 Å². The molecule has 144 valence electrons. The fraction of sp³-hybridized carbons (Fsp3) is 0.409. The molecule has 1 atom stereocenters. The molecule has 3 aliphatic rings. The summed E-state index contributed by atoms with van der Waals surface area (Å²) >= 11 is 0. The number of ether oxygens (including phenoxy) is 2. The lowest BCUT2D eigenvalue weighted by atomic mass is 9.94. The molecule has 1 aromatic heterocycles. The van der Waals surface area contributed by atoms with Crippen LogP contribution in [0.4, 0.5) is 5.69 Å². The summed E-state index contributed by atoms with van der Waals surface area (Å²) in [4.78, 5) is 30.5. The molecule has 1 aromatic carbocycles. The Morgan fingerprint density at radius 2 is 2.11 bits per heavy atom. The van der Waals surface area contributed by atoms with Gasteiger partial charge in [-0.3, -0.25) is 9.59 Å². The van der Waals surface area contributed by atoms with E-state index in [9.17, 15) is 9.59 Å². The molecule has 3 heterocycles. The molecule has 0 bridgehead atoms. The van der Waals surface area contributed by atoms with Crippen LogP contribution in [0.5, 0.6) is 17.4 Å². The first-order valence-corrected chi connectivity index (χ1v) is 9.88. The summed E-state index contributed by atoms with van der Waals surface area (Å²) in [5, 5.41) is 0. The predicted octanol–water partition coefficient (Wildman–Crippen LogP) is 3.98. The maximum atomic E-state index is 12.6. The fourth-order valence-electron chi connectivity index (χ4n) is 4.24. The van der Waals surface area contributed by atoms with Gasteiger partial charge in [-0.2, -0.15) is 0 Å². The van der Waals surface area contributed by atoms with Crippen molar-refractivity contribution in [3.8, 4) is 17.4 Å². The quantitative estimate of drug-likeness (QED) is 0.753. The fourth-order valence-corrected chi connectivity index (χ4v) is 4.24. The number of carbonyl (C=O) groups is 2. The molecule has 2 aromatic rings. The van der Waals surface area contributed by atoms with Crippen molar-refractivity contribution in [2.45, 2.75) is 44.4 Å². The van der Waals surface area contributed by atoms with E-state index >= 15 is 0 Å². The molecule has 2 fully saturated rings. The molecule has 2 amide bonds. The largest absolute Gasteiger partial charge is 0.492 e. The number of benzene rings is 1. The molecule has 2 aliphatic heterocycles. The van der Waals surface area contributed by atoms with Crippen LogP contribution >= 0.6 is 0 Å². The summed E-state index contributed by atoms with van der Waals surface area (Å²) in [5.41, 5.74) is 1.74. The average molecular weight is 378 g/mol. The maximum absolute atomic E-state index is 12.6. The number of aromatic nitrogens is 1. The van der Waals surface area contributed by atoms with E-state index in [1.165, 1.54) is 11.1 Å². The third-order valence-electron chi connectivity index (χ3n) is 6.09. The van der Waals surface area contributed by atoms with Crippen LogP contribution < -0.4 is 14.4 Å². The van der Waals surface area contributed by atoms with Crippen molar-refractivity contribution in [3.63, 3.8) is 0 Å². The maximum Gasteiger partial charge on any atom is 0.236 e. The first-order valence-electron chi connectivity index (χ1n) is 9.88. The van der Waals surface area contributed by atoms with Gasteiger partial charge in [0.25, 0.3) is 0 Å². The number of pyridine rings is 1. The van der Waals surface area contributed by atoms with E-state index in [1.54, 1.807) is 12.1 Å². The van der Waals surface area contributed by atoms with Crippen molar-refractivity contribution in [3.05, 3.63) is 42.1 Å². The molecule has 28 heavy (non-hydrogen) atoms. The summed E-state index contributed by atoms with van der Waals surface area (Å²) in [5.74, 6) is 1.69. The van der Waals surface area contributed by atoms with Crippen molar-refractivity contribution in [2.75, 3.05) is 11.5 Å². The molecule has 1 aliphatic carbocycles. The highest BCUT2D eigenvalue weighted by molar-refractivity contribution is 6.17. The van der Waals surface area contributed by atoms with Gasteiger partial charge in [0.15, 0.2) is 0 Å². The lowest BCUT2D eigenvalue weighted by Gasteiger charge is -2.29. The Morgan fingerprint density at radius 3 is 2.82 bits per heavy atom. The average Bonchev–Trinajstić information content (AvgIpc) is 3.38. The van der Waals surface area contributed by atoms with Crippen LogP contribution in [0, 0.1) is 5.92 Å². The van der Waals surface area contributed by atoms with Crippen molar-refractivity contribution in [1.29, 1.82) is 0 Å². The van der Waals surface area contributed by atoms with Crippen molar-refractivity contribution >= 4 is 17.5 Å². The highest BCUT2D eigenvalue weighted by Gasteiger charge is 2.52. The zero-order valence-electron chi connectivity index (χ0n) is 15.8. The van der Waals surface area contributed by atoms with Crippen LogP contribution in [0.1, 0.15) is 44.6 Å². The molecule has 1 saturated heterocycles. The van der Waals surface area contributed by atoms with Crippen molar-refractivity contribution in [2.24, 2.45) is 5.92 Å². The van der Waals surface area contributed by atoms with Crippen LogP contribution in [-0.4, -0.2) is 23.4 Å². The standard InChI is InChI=1S/C22H22N2O4/c1-2-14-6-9-19(25)24(21(14)26)15-7-8-18(23-12-15)28-17-5-3-4-16-20(17)22(10-11-22)13-27-16/h3-5,7-8,12,14H,2,6,9-11,13H2,1H3/t14-/m0/s1. The first kappa shape index (κ1) is 17.2. The number of anilines is 1. The summed E-state index contributed by atoms with van der Waals surface area (Å²) in [6.07, 6.45) is 5.52. The van der Waals surface area contributed by atoms with Gasteiger partial charge in [-0.1, -0.05) is 13.0 Å². The highest BCUT2D eigenvalue weighted by Crippen LogP contribution is 2.58. The van der Waals surface area contributed by atoms with E-state index in [1.807, 2.05) is 25.1 Å². The SMILES string of the molecule is CC[C@H]1CCC(=O)N(c2ccc(Oc3cccc4c3C3(CC3)CO4)nc2)C1=O. The van der Waals surface area contributed by atoms with Crippen LogP contribution in [-0.2, 0) is 15.0 Å². The molecule has 6 heteroatoms. The van der Waals surface area contributed by atoms with Crippen molar-refractivity contribution in [1.82, 2.24) is 4.98 Å². The number of rotatable bonds is 4. The van der Waals surface area contributed by atoms with Gasteiger partial charge >= 0.3 is 0 Å². The second-order valence-electron chi connectivity index (χ2n) is 7.87. The van der Waals surface area contributed by atoms with Gasteiger partial charge in [-0.05, 0) is 43.9 Å². The number of hydrogen-bond acceptors (Lipinski definition) is 5. The van der Waals surface area contributed by atoms with Gasteiger partial charge in [-0.15, -0.1) is 0 Å². The van der Waals surface area contributed by atoms with Gasteiger partial charge in [0.2, 0.25) is 17.7 Å². The lowest BCUT2D eigenvalue weighted by molar-refractivity contribution is -0.132. The molecular weight excluding hydrogens is 356 g/mol. The van der Waals surface area contributed by atoms with Gasteiger partial charge in [0, 0.05) is 29.4 Å². The van der Waals surface area contributed by atoms with E-state index in [0.29, 0.717) is 31.0 Å². The number of amides is 2. The molecule has 6 nitrogen and oxygen atoms in total. The predicted molar refractivity (Wildman–Crippen MR) is 103 cm³/mol. The van der Waals surface area contributed by atoms with E-state index in [-0.39, 0.29) is 23.1 Å². The molecule has 0 N–H and O–H groups in total. The summed E-state index contributed by atoms with van der Waals surface area (Å²) in [6, 6.07) is 9.26. The Morgan fingerprint density at radius 1 is 1.25 bits per heavy atom. The second-order valence-corrected chi connectivity index (χ2v) is 7.87. The van der Waals surface area contributed by atoms with Crippen LogP contribution in [0.15, 0.2) is 36.5 Å². The molecule has 1 spiro atoms. The lowest BCUT2D eigenvalue weighted by Crippen LogP contribution is -2.45. The summed E-state index contributed by atoms with van der Waals surface area (Å²) in [6.45, 7) is 2.69. The number of fused-ring (bicyclic) bond motifs is 2. The summed E-state index contributed by atoms with van der Waals surface area (Å²) in [7, 11) is 0. The summed E-state index contributed by atoms with van der Waals surface area (Å²) < 4.78 is 11.9. The number of hydrogen-bond donors (Lipinski definition) is 0. The molecule has 1 saturated carbocycles. The first-order chi connectivity index (χ1) is 13.6. The number of piperidine rings is 1. The Hall–Kier alpha value is -2.89. The van der Waals surface area contributed by atoms with Crippen LogP contribution in [0.2, 0.25) is 0 Å². The Kier molecular flexibility index (Phi) is 3.89. The van der Waals surface area contributed by atoms with E-state index in [2.05, 4.69) is 4.98 Å². The molecule has 0 radical (unpaired) electrons. The van der Waals surface area contributed by atoms with Crippen LogP contribution in [0.3, 0.4) is 0 Å². The number of carbonyl (C=O) groups excluding carboxylic acids is 2. The Balaban J connectivity index is 1.39. The smallest absolute Gasteiger partial charge is 0.236 e. The Bertz CT molecular complexity index is 950. The molecular formula is C22H22N2O4. The topological polar surface area (TPSA) is 68.7 Å². The van der Waals surface area contributed by atoms with E-state index in [4.69, 9.17) is 9.47 Å². The number of imide groups is 1. The highest BCUT2D eigenvalue weighted by atomic mass is 16.5. The van der Waals surface area contributed by atoms with Crippen molar-refractivity contribution < 1.29 is 19.1 Å². The number of nitrogens with zero attached hydrogens (tertiary/aromatic N) is 2. The zero-order chi connectivity index (χ0) is 19.3. The van der Waals surface area contributed by atoms with Gasteiger partial charge in [-0.25, -0.2) is 9.88 Å².